The summed E-state index contributed by atoms with van der Waals surface area (Å²) in [6.45, 7) is 5.86. The molecule has 5 heteroatoms. The van der Waals surface area contributed by atoms with Gasteiger partial charge in [0.1, 0.15) is 0 Å². The molecule has 0 radical (unpaired) electrons. The molecule has 4 nitrogen and oxygen atoms in total. The molecule has 0 saturated heterocycles. The fourth-order valence-electron chi connectivity index (χ4n) is 2.44. The zero-order chi connectivity index (χ0) is 18.4. The summed E-state index contributed by atoms with van der Waals surface area (Å²) in [4.78, 5) is 24.0. The average Bonchev–Trinajstić information content (AvgIpc) is 2.62. The fraction of sp³-hybridized carbons (Fsp3) is 0.300. The van der Waals surface area contributed by atoms with E-state index in [-0.39, 0.29) is 17.1 Å². The van der Waals surface area contributed by atoms with Crippen molar-refractivity contribution < 1.29 is 14.3 Å². The molecule has 1 N–H and O–H groups in total. The molecule has 1 unspecified atom stereocenters. The summed E-state index contributed by atoms with van der Waals surface area (Å²) >= 11 is 1.53. The molecule has 0 aliphatic heterocycles. The van der Waals surface area contributed by atoms with Crippen molar-refractivity contribution in [1.82, 2.24) is 0 Å². The van der Waals surface area contributed by atoms with E-state index < -0.39 is 0 Å². The minimum atomic E-state index is -0.354. The number of ether oxygens (including phenoxy) is 1. The van der Waals surface area contributed by atoms with Gasteiger partial charge in [0.15, 0.2) is 0 Å². The number of anilines is 1. The summed E-state index contributed by atoms with van der Waals surface area (Å²) in [6.07, 6.45) is 0. The van der Waals surface area contributed by atoms with Gasteiger partial charge in [-0.3, -0.25) is 4.79 Å². The second kappa shape index (κ2) is 8.72. The van der Waals surface area contributed by atoms with Crippen LogP contribution in [0.1, 0.15) is 34.0 Å². The standard InChI is InChI=1S/C20H23NO3S/c1-13-7-5-8-14(2)18(13)21-19(22)15(3)25-12-16-9-6-10-17(11-16)20(23)24-4/h5-11,15H,12H2,1-4H3,(H,21,22). The lowest BCUT2D eigenvalue weighted by Crippen LogP contribution is -2.23. The number of hydrogen-bond donors (Lipinski definition) is 1. The molecule has 2 aromatic carbocycles. The van der Waals surface area contributed by atoms with Crippen LogP contribution in [0.15, 0.2) is 42.5 Å². The summed E-state index contributed by atoms with van der Waals surface area (Å²) in [5, 5.41) is 2.81. The molecule has 132 valence electrons. The van der Waals surface area contributed by atoms with Crippen molar-refractivity contribution in [2.75, 3.05) is 12.4 Å². The quantitative estimate of drug-likeness (QED) is 0.781. The third kappa shape index (κ3) is 5.10. The molecule has 0 aliphatic rings. The van der Waals surface area contributed by atoms with Gasteiger partial charge in [0.2, 0.25) is 5.91 Å². The van der Waals surface area contributed by atoms with E-state index in [0.717, 1.165) is 22.4 Å². The number of rotatable bonds is 6. The van der Waals surface area contributed by atoms with Crippen molar-refractivity contribution in [3.8, 4) is 0 Å². The Morgan fingerprint density at radius 2 is 1.76 bits per heavy atom. The summed E-state index contributed by atoms with van der Waals surface area (Å²) in [7, 11) is 1.36. The number of methoxy groups -OCH3 is 1. The van der Waals surface area contributed by atoms with E-state index >= 15 is 0 Å². The number of carbonyl (C=O) groups is 2. The predicted molar refractivity (Wildman–Crippen MR) is 103 cm³/mol. The summed E-state index contributed by atoms with van der Waals surface area (Å²) < 4.78 is 4.73. The minimum absolute atomic E-state index is 0.0217. The molecule has 0 heterocycles. The highest BCUT2D eigenvalue weighted by Crippen LogP contribution is 2.23. The van der Waals surface area contributed by atoms with E-state index in [2.05, 4.69) is 5.32 Å². The monoisotopic (exact) mass is 357 g/mol. The first-order valence-corrected chi connectivity index (χ1v) is 9.13. The van der Waals surface area contributed by atoms with Crippen LogP contribution in [-0.4, -0.2) is 24.2 Å². The number of para-hydroxylation sites is 1. The first-order chi connectivity index (χ1) is 11.9. The Kier molecular flexibility index (Phi) is 6.65. The van der Waals surface area contributed by atoms with Gasteiger partial charge >= 0.3 is 5.97 Å². The molecule has 1 amide bonds. The number of aryl methyl sites for hydroxylation is 2. The maximum atomic E-state index is 12.5. The van der Waals surface area contributed by atoms with Crippen molar-refractivity contribution in [2.24, 2.45) is 0 Å². The highest BCUT2D eigenvalue weighted by Gasteiger charge is 2.16. The third-order valence-corrected chi connectivity index (χ3v) is 5.16. The van der Waals surface area contributed by atoms with Crippen molar-refractivity contribution in [2.45, 2.75) is 31.8 Å². The Bertz CT molecular complexity index is 753. The van der Waals surface area contributed by atoms with Gasteiger partial charge in [-0.05, 0) is 49.6 Å². The van der Waals surface area contributed by atoms with Crippen LogP contribution in [-0.2, 0) is 15.3 Å². The number of nitrogens with one attached hydrogen (secondary N) is 1. The minimum Gasteiger partial charge on any atom is -0.465 e. The Hall–Kier alpha value is -2.27. The smallest absolute Gasteiger partial charge is 0.337 e. The number of carbonyl (C=O) groups excluding carboxylic acids is 2. The number of hydrogen-bond acceptors (Lipinski definition) is 4. The highest BCUT2D eigenvalue weighted by molar-refractivity contribution is 7.99. The van der Waals surface area contributed by atoms with Crippen molar-refractivity contribution in [3.05, 3.63) is 64.7 Å². The molecule has 25 heavy (non-hydrogen) atoms. The van der Waals surface area contributed by atoms with E-state index in [1.165, 1.54) is 18.9 Å². The molecule has 0 aliphatic carbocycles. The topological polar surface area (TPSA) is 55.4 Å². The molecule has 2 rings (SSSR count). The van der Waals surface area contributed by atoms with Crippen LogP contribution in [0, 0.1) is 13.8 Å². The Balaban J connectivity index is 1.97. The lowest BCUT2D eigenvalue weighted by molar-refractivity contribution is -0.115. The van der Waals surface area contributed by atoms with E-state index in [9.17, 15) is 9.59 Å². The molecule has 0 spiro atoms. The zero-order valence-corrected chi connectivity index (χ0v) is 15.8. The number of esters is 1. The highest BCUT2D eigenvalue weighted by atomic mass is 32.2. The largest absolute Gasteiger partial charge is 0.465 e. The maximum Gasteiger partial charge on any atom is 0.337 e. The van der Waals surface area contributed by atoms with E-state index in [0.29, 0.717) is 11.3 Å². The molecule has 1 atom stereocenters. The lowest BCUT2D eigenvalue weighted by Gasteiger charge is -2.15. The van der Waals surface area contributed by atoms with E-state index in [4.69, 9.17) is 4.74 Å². The summed E-state index contributed by atoms with van der Waals surface area (Å²) in [6, 6.07) is 13.2. The van der Waals surface area contributed by atoms with Crippen LogP contribution in [0.25, 0.3) is 0 Å². The Labute approximate surface area is 153 Å². The SMILES string of the molecule is COC(=O)c1cccc(CSC(C)C(=O)Nc2c(C)cccc2C)c1. The van der Waals surface area contributed by atoms with Crippen LogP contribution in [0.2, 0.25) is 0 Å². The van der Waals surface area contributed by atoms with E-state index in [1.807, 2.05) is 51.1 Å². The van der Waals surface area contributed by atoms with Gasteiger partial charge in [0.05, 0.1) is 17.9 Å². The van der Waals surface area contributed by atoms with Crippen molar-refractivity contribution in [3.63, 3.8) is 0 Å². The number of benzene rings is 2. The maximum absolute atomic E-state index is 12.5. The van der Waals surface area contributed by atoms with Crippen LogP contribution in [0.5, 0.6) is 0 Å². The van der Waals surface area contributed by atoms with Crippen LogP contribution >= 0.6 is 11.8 Å². The predicted octanol–water partition coefficient (Wildman–Crippen LogP) is 4.35. The van der Waals surface area contributed by atoms with Gasteiger partial charge in [0, 0.05) is 11.4 Å². The van der Waals surface area contributed by atoms with Crippen molar-refractivity contribution >= 4 is 29.3 Å². The summed E-state index contributed by atoms with van der Waals surface area (Å²) in [5.41, 5.74) is 4.49. The van der Waals surface area contributed by atoms with Crippen LogP contribution < -0.4 is 5.32 Å². The van der Waals surface area contributed by atoms with E-state index in [1.54, 1.807) is 12.1 Å². The third-order valence-electron chi connectivity index (χ3n) is 3.95. The second-order valence-corrected chi connectivity index (χ2v) is 7.23. The zero-order valence-electron chi connectivity index (χ0n) is 15.0. The normalized spacial score (nSPS) is 11.7. The molecular weight excluding hydrogens is 334 g/mol. The number of amides is 1. The molecule has 0 fully saturated rings. The molecule has 0 bridgehead atoms. The summed E-state index contributed by atoms with van der Waals surface area (Å²) in [5.74, 6) is 0.269. The Morgan fingerprint density at radius 1 is 1.12 bits per heavy atom. The molecular formula is C20H23NO3S. The van der Waals surface area contributed by atoms with Crippen LogP contribution in [0.4, 0.5) is 5.69 Å². The number of thioether (sulfide) groups is 1. The average molecular weight is 357 g/mol. The lowest BCUT2D eigenvalue weighted by atomic mass is 10.1. The van der Waals surface area contributed by atoms with Gasteiger partial charge in [-0.1, -0.05) is 30.3 Å². The van der Waals surface area contributed by atoms with Gasteiger partial charge < -0.3 is 10.1 Å². The van der Waals surface area contributed by atoms with Gasteiger partial charge in [-0.15, -0.1) is 11.8 Å². The van der Waals surface area contributed by atoms with Gasteiger partial charge in [0.25, 0.3) is 0 Å². The first kappa shape index (κ1) is 19.1. The van der Waals surface area contributed by atoms with Gasteiger partial charge in [-0.2, -0.15) is 0 Å². The fourth-order valence-corrected chi connectivity index (χ4v) is 3.27. The first-order valence-electron chi connectivity index (χ1n) is 8.08. The van der Waals surface area contributed by atoms with Gasteiger partial charge in [-0.25, -0.2) is 4.79 Å². The molecule has 2 aromatic rings. The molecule has 0 aromatic heterocycles. The van der Waals surface area contributed by atoms with Crippen molar-refractivity contribution in [1.29, 1.82) is 0 Å². The van der Waals surface area contributed by atoms with Crippen LogP contribution in [0.3, 0.4) is 0 Å². The Morgan fingerprint density at radius 3 is 2.40 bits per heavy atom. The molecule has 0 saturated carbocycles. The second-order valence-electron chi connectivity index (χ2n) is 5.90.